The number of piperazine rings is 1. The molecule has 2 heterocycles. The van der Waals surface area contributed by atoms with Crippen LogP contribution in [0, 0.1) is 0 Å². The molecule has 0 aromatic carbocycles. The number of hydrogen-bond donors (Lipinski definition) is 1. The first kappa shape index (κ1) is 12.9. The molecular weight excluding hydrogens is 230 g/mol. The number of aryl methyl sites for hydroxylation is 1. The number of nitrogens with one attached hydrogen (secondary N) is 1. The summed E-state index contributed by atoms with van der Waals surface area (Å²) >= 11 is 0. The Kier molecular flexibility index (Phi) is 4.19. The fraction of sp³-hybridized carbons (Fsp3) is 0.667. The van der Waals surface area contributed by atoms with E-state index >= 15 is 0 Å². The second-order valence-electron chi connectivity index (χ2n) is 4.50. The van der Waals surface area contributed by atoms with Gasteiger partial charge in [-0.1, -0.05) is 0 Å². The third kappa shape index (κ3) is 2.81. The maximum Gasteiger partial charge on any atom is 0.242 e. The zero-order chi connectivity index (χ0) is 13.0. The van der Waals surface area contributed by atoms with Gasteiger partial charge in [0.25, 0.3) is 0 Å². The number of imidazole rings is 1. The molecule has 18 heavy (non-hydrogen) atoms. The van der Waals surface area contributed by atoms with Crippen LogP contribution in [0.25, 0.3) is 0 Å². The fourth-order valence-corrected chi connectivity index (χ4v) is 2.17. The Hall–Kier alpha value is -1.56. The van der Waals surface area contributed by atoms with Crippen molar-refractivity contribution in [1.29, 1.82) is 0 Å². The van der Waals surface area contributed by atoms with Gasteiger partial charge in [-0.15, -0.1) is 0 Å². The molecule has 1 aromatic heterocycles. The Morgan fingerprint density at radius 3 is 2.89 bits per heavy atom. The van der Waals surface area contributed by atoms with E-state index in [0.29, 0.717) is 6.54 Å². The minimum absolute atomic E-state index is 0.171. The number of carbonyl (C=O) groups is 1. The highest BCUT2D eigenvalue weighted by molar-refractivity contribution is 5.81. The van der Waals surface area contributed by atoms with Crippen LogP contribution in [0.1, 0.15) is 6.92 Å². The SMILES string of the molecule is CCn1ccnc1N(C)CC(=O)N1CCNCC1. The highest BCUT2D eigenvalue weighted by Crippen LogP contribution is 2.09. The Balaban J connectivity index is 1.94. The van der Waals surface area contributed by atoms with Gasteiger partial charge in [0, 0.05) is 52.2 Å². The summed E-state index contributed by atoms with van der Waals surface area (Å²) in [6.45, 7) is 6.69. The number of anilines is 1. The summed E-state index contributed by atoms with van der Waals surface area (Å²) in [6, 6.07) is 0. The van der Waals surface area contributed by atoms with Crippen molar-refractivity contribution >= 4 is 11.9 Å². The van der Waals surface area contributed by atoms with Crippen molar-refractivity contribution in [3.63, 3.8) is 0 Å². The molecule has 1 N–H and O–H groups in total. The summed E-state index contributed by atoms with van der Waals surface area (Å²) < 4.78 is 2.03. The summed E-state index contributed by atoms with van der Waals surface area (Å²) in [6.07, 6.45) is 3.70. The Labute approximate surface area is 108 Å². The van der Waals surface area contributed by atoms with E-state index < -0.39 is 0 Å². The molecule has 1 aliphatic rings. The van der Waals surface area contributed by atoms with Crippen molar-refractivity contribution in [1.82, 2.24) is 19.8 Å². The summed E-state index contributed by atoms with van der Waals surface area (Å²) in [5, 5.41) is 3.24. The molecule has 1 aromatic rings. The molecule has 1 amide bonds. The van der Waals surface area contributed by atoms with Gasteiger partial charge >= 0.3 is 0 Å². The molecule has 0 saturated carbocycles. The second-order valence-corrected chi connectivity index (χ2v) is 4.50. The number of amides is 1. The van der Waals surface area contributed by atoms with Crippen LogP contribution >= 0.6 is 0 Å². The van der Waals surface area contributed by atoms with E-state index in [-0.39, 0.29) is 5.91 Å². The van der Waals surface area contributed by atoms with Gasteiger partial charge in [0.05, 0.1) is 6.54 Å². The molecule has 6 nitrogen and oxygen atoms in total. The minimum Gasteiger partial charge on any atom is -0.339 e. The van der Waals surface area contributed by atoms with Gasteiger partial charge in [-0.3, -0.25) is 4.79 Å². The fourth-order valence-electron chi connectivity index (χ4n) is 2.17. The van der Waals surface area contributed by atoms with E-state index in [1.165, 1.54) is 0 Å². The number of aromatic nitrogens is 2. The van der Waals surface area contributed by atoms with Crippen molar-refractivity contribution in [2.75, 3.05) is 44.7 Å². The van der Waals surface area contributed by atoms with Crippen molar-refractivity contribution in [2.45, 2.75) is 13.5 Å². The van der Waals surface area contributed by atoms with E-state index in [1.54, 1.807) is 6.20 Å². The van der Waals surface area contributed by atoms with Crippen molar-refractivity contribution in [3.05, 3.63) is 12.4 Å². The molecular formula is C12H21N5O. The van der Waals surface area contributed by atoms with Crippen molar-refractivity contribution < 1.29 is 4.79 Å². The van der Waals surface area contributed by atoms with Crippen LogP contribution in [0.15, 0.2) is 12.4 Å². The Morgan fingerprint density at radius 1 is 1.50 bits per heavy atom. The van der Waals surface area contributed by atoms with E-state index in [9.17, 15) is 4.79 Å². The van der Waals surface area contributed by atoms with Crippen molar-refractivity contribution in [2.24, 2.45) is 0 Å². The van der Waals surface area contributed by atoms with Crippen LogP contribution in [-0.2, 0) is 11.3 Å². The van der Waals surface area contributed by atoms with Gasteiger partial charge in [0.15, 0.2) is 0 Å². The number of hydrogen-bond acceptors (Lipinski definition) is 4. The van der Waals surface area contributed by atoms with Crippen LogP contribution in [0.2, 0.25) is 0 Å². The van der Waals surface area contributed by atoms with Gasteiger partial charge in [-0.2, -0.15) is 0 Å². The predicted molar refractivity (Wildman–Crippen MR) is 70.6 cm³/mol. The van der Waals surface area contributed by atoms with Crippen LogP contribution < -0.4 is 10.2 Å². The number of likely N-dealkylation sites (N-methyl/N-ethyl adjacent to an activating group) is 1. The molecule has 0 unspecified atom stereocenters. The molecule has 0 atom stereocenters. The highest BCUT2D eigenvalue weighted by Gasteiger charge is 2.19. The van der Waals surface area contributed by atoms with E-state index in [0.717, 1.165) is 38.7 Å². The van der Waals surface area contributed by atoms with Gasteiger partial charge in [-0.25, -0.2) is 4.98 Å². The van der Waals surface area contributed by atoms with Gasteiger partial charge in [0.2, 0.25) is 11.9 Å². The van der Waals surface area contributed by atoms with Gasteiger partial charge in [0.1, 0.15) is 0 Å². The molecule has 1 fully saturated rings. The lowest BCUT2D eigenvalue weighted by Gasteiger charge is -2.29. The molecule has 6 heteroatoms. The summed E-state index contributed by atoms with van der Waals surface area (Å²) in [4.78, 5) is 20.2. The largest absolute Gasteiger partial charge is 0.339 e. The summed E-state index contributed by atoms with van der Waals surface area (Å²) in [7, 11) is 1.91. The van der Waals surface area contributed by atoms with E-state index in [1.807, 2.05) is 27.6 Å². The first-order valence-electron chi connectivity index (χ1n) is 6.43. The summed E-state index contributed by atoms with van der Waals surface area (Å²) in [5.41, 5.74) is 0. The standard InChI is InChI=1S/C12H21N5O/c1-3-16-9-6-14-12(16)15(2)10-11(18)17-7-4-13-5-8-17/h6,9,13H,3-5,7-8,10H2,1-2H3. The lowest BCUT2D eigenvalue weighted by molar-refractivity contribution is -0.130. The van der Waals surface area contributed by atoms with E-state index in [2.05, 4.69) is 17.2 Å². The van der Waals surface area contributed by atoms with E-state index in [4.69, 9.17) is 0 Å². The van der Waals surface area contributed by atoms with Crippen molar-refractivity contribution in [3.8, 4) is 0 Å². The van der Waals surface area contributed by atoms with Crippen LogP contribution in [-0.4, -0.2) is 60.1 Å². The van der Waals surface area contributed by atoms with Crippen LogP contribution in [0.4, 0.5) is 5.95 Å². The van der Waals surface area contributed by atoms with Crippen LogP contribution in [0.3, 0.4) is 0 Å². The summed E-state index contributed by atoms with van der Waals surface area (Å²) in [5.74, 6) is 1.02. The average molecular weight is 251 g/mol. The third-order valence-corrected chi connectivity index (χ3v) is 3.22. The number of rotatable bonds is 4. The van der Waals surface area contributed by atoms with Gasteiger partial charge in [-0.05, 0) is 6.92 Å². The smallest absolute Gasteiger partial charge is 0.242 e. The lowest BCUT2D eigenvalue weighted by Crippen LogP contribution is -2.49. The predicted octanol–water partition coefficient (Wildman–Crippen LogP) is -0.229. The third-order valence-electron chi connectivity index (χ3n) is 3.22. The molecule has 1 aliphatic heterocycles. The topological polar surface area (TPSA) is 53.4 Å². The molecule has 0 radical (unpaired) electrons. The monoisotopic (exact) mass is 251 g/mol. The molecule has 2 rings (SSSR count). The maximum absolute atomic E-state index is 12.1. The minimum atomic E-state index is 0.171. The molecule has 0 bridgehead atoms. The first-order chi connectivity index (χ1) is 8.72. The molecule has 0 aliphatic carbocycles. The zero-order valence-electron chi connectivity index (χ0n) is 11.1. The number of carbonyl (C=O) groups excluding carboxylic acids is 1. The molecule has 100 valence electrons. The lowest BCUT2D eigenvalue weighted by atomic mass is 10.3. The maximum atomic E-state index is 12.1. The Morgan fingerprint density at radius 2 is 2.22 bits per heavy atom. The quantitative estimate of drug-likeness (QED) is 0.803. The number of nitrogens with zero attached hydrogens (tertiary/aromatic N) is 4. The average Bonchev–Trinajstić information content (AvgIpc) is 2.88. The Bertz CT molecular complexity index is 397. The highest BCUT2D eigenvalue weighted by atomic mass is 16.2. The first-order valence-corrected chi connectivity index (χ1v) is 6.43. The molecule has 0 spiro atoms. The zero-order valence-corrected chi connectivity index (χ0v) is 11.1. The van der Waals surface area contributed by atoms with Gasteiger partial charge < -0.3 is 19.7 Å². The molecule has 1 saturated heterocycles. The van der Waals surface area contributed by atoms with Crippen LogP contribution in [0.5, 0.6) is 0 Å². The normalized spacial score (nSPS) is 15.8. The second kappa shape index (κ2) is 5.86.